The van der Waals surface area contributed by atoms with E-state index >= 15 is 0 Å². The van der Waals surface area contributed by atoms with E-state index in [0.717, 1.165) is 62.5 Å². The molecule has 0 N–H and O–H groups in total. The van der Waals surface area contributed by atoms with E-state index in [1.165, 1.54) is 0 Å². The lowest BCUT2D eigenvalue weighted by molar-refractivity contribution is 0.131. The van der Waals surface area contributed by atoms with Crippen LogP contribution in [0.1, 0.15) is 93.4 Å². The fraction of sp³-hybridized carbons (Fsp3) is 0.533. The van der Waals surface area contributed by atoms with Crippen molar-refractivity contribution in [3.05, 3.63) is 76.1 Å². The Kier molecular flexibility index (Phi) is 8.52. The van der Waals surface area contributed by atoms with Crippen LogP contribution in [0.3, 0.4) is 0 Å². The lowest BCUT2D eigenvalue weighted by Crippen LogP contribution is -2.15. The van der Waals surface area contributed by atoms with E-state index in [1.54, 1.807) is 18.2 Å². The van der Waals surface area contributed by atoms with Gasteiger partial charge in [0.1, 0.15) is 5.82 Å². The van der Waals surface area contributed by atoms with Gasteiger partial charge in [-0.05, 0) is 105 Å². The van der Waals surface area contributed by atoms with Crippen LogP contribution in [0.4, 0.5) is 13.2 Å². The molecule has 2 aliphatic carbocycles. The van der Waals surface area contributed by atoms with Crippen molar-refractivity contribution in [2.45, 2.75) is 84.2 Å². The van der Waals surface area contributed by atoms with E-state index in [9.17, 15) is 13.2 Å². The molecule has 0 spiro atoms. The van der Waals surface area contributed by atoms with Crippen molar-refractivity contribution in [1.82, 2.24) is 0 Å². The van der Waals surface area contributed by atoms with Gasteiger partial charge in [-0.3, -0.25) is 0 Å². The third kappa shape index (κ3) is 5.94. The molecule has 2 aromatic rings. The van der Waals surface area contributed by atoms with Gasteiger partial charge in [0.25, 0.3) is 0 Å². The number of hydrogen-bond acceptors (Lipinski definition) is 1. The molecule has 2 aromatic carbocycles. The highest BCUT2D eigenvalue weighted by atomic mass is 19.2. The SMILES string of the molecule is CCOCc1ccc(C2CCC(CCc3ccc(C4=CCC(C)CC4)c(F)c3F)CC2)cc1F. The average molecular weight is 471 g/mol. The Morgan fingerprint density at radius 2 is 1.68 bits per heavy atom. The second-order valence-electron chi connectivity index (χ2n) is 10.3. The molecule has 0 bridgehead atoms. The molecule has 1 fully saturated rings. The van der Waals surface area contributed by atoms with Crippen LogP contribution in [0.2, 0.25) is 0 Å². The Balaban J connectivity index is 1.30. The van der Waals surface area contributed by atoms with Gasteiger partial charge in [0.2, 0.25) is 0 Å². The number of hydrogen-bond donors (Lipinski definition) is 0. The highest BCUT2D eigenvalue weighted by molar-refractivity contribution is 5.67. The normalized spacial score (nSPS) is 23.1. The molecule has 0 aliphatic heterocycles. The molecule has 4 heteroatoms. The lowest BCUT2D eigenvalue weighted by atomic mass is 9.76. The summed E-state index contributed by atoms with van der Waals surface area (Å²) in [5, 5.41) is 0. The molecule has 0 radical (unpaired) electrons. The summed E-state index contributed by atoms with van der Waals surface area (Å²) < 4.78 is 49.4. The van der Waals surface area contributed by atoms with Gasteiger partial charge >= 0.3 is 0 Å². The van der Waals surface area contributed by atoms with E-state index in [-0.39, 0.29) is 5.82 Å². The number of aryl methyl sites for hydroxylation is 1. The molecule has 0 heterocycles. The van der Waals surface area contributed by atoms with Crippen molar-refractivity contribution in [1.29, 1.82) is 0 Å². The third-order valence-corrected chi connectivity index (χ3v) is 7.86. The molecule has 0 aromatic heterocycles. The Hall–Kier alpha value is -2.07. The summed E-state index contributed by atoms with van der Waals surface area (Å²) in [6.45, 7) is 4.98. The van der Waals surface area contributed by atoms with E-state index in [4.69, 9.17) is 4.74 Å². The summed E-state index contributed by atoms with van der Waals surface area (Å²) in [5.74, 6) is -0.0580. The number of ether oxygens (including phenoxy) is 1. The zero-order valence-electron chi connectivity index (χ0n) is 20.5. The molecule has 1 unspecified atom stereocenters. The van der Waals surface area contributed by atoms with Crippen LogP contribution in [0, 0.1) is 29.3 Å². The predicted octanol–water partition coefficient (Wildman–Crippen LogP) is 8.75. The summed E-state index contributed by atoms with van der Waals surface area (Å²) in [6, 6.07) is 9.10. The first-order valence-corrected chi connectivity index (χ1v) is 13.0. The van der Waals surface area contributed by atoms with Gasteiger partial charge in [-0.15, -0.1) is 0 Å². The fourth-order valence-electron chi connectivity index (χ4n) is 5.53. The number of rotatable bonds is 8. The number of allylic oxidation sites excluding steroid dienone is 2. The van der Waals surface area contributed by atoms with Crippen molar-refractivity contribution in [3.8, 4) is 0 Å². The molecule has 1 nitrogen and oxygen atoms in total. The van der Waals surface area contributed by atoms with Crippen LogP contribution in [0.25, 0.3) is 5.57 Å². The molecule has 1 saturated carbocycles. The van der Waals surface area contributed by atoms with Gasteiger partial charge in [-0.25, -0.2) is 13.2 Å². The van der Waals surface area contributed by atoms with Crippen LogP contribution in [-0.4, -0.2) is 6.61 Å². The molecule has 0 amide bonds. The predicted molar refractivity (Wildman–Crippen MR) is 132 cm³/mol. The number of halogens is 3. The quantitative estimate of drug-likeness (QED) is 0.375. The first-order valence-electron chi connectivity index (χ1n) is 13.0. The first kappa shape index (κ1) is 25.0. The smallest absolute Gasteiger partial charge is 0.166 e. The summed E-state index contributed by atoms with van der Waals surface area (Å²) in [4.78, 5) is 0. The Bertz CT molecular complexity index is 1000. The standard InChI is InChI=1S/C30H37F3O/c1-3-34-19-26-15-14-25(18-28(26)31)22-11-6-21(7-12-22)8-13-24-16-17-27(30(33)29(24)32)23-9-4-20(2)5-10-23/h9,14-18,20-22H,3-8,10-13,19H2,1-2H3. The summed E-state index contributed by atoms with van der Waals surface area (Å²) in [6.07, 6.45) is 10.4. The molecule has 184 valence electrons. The highest BCUT2D eigenvalue weighted by Crippen LogP contribution is 2.38. The van der Waals surface area contributed by atoms with Gasteiger partial charge in [-0.2, -0.15) is 0 Å². The minimum absolute atomic E-state index is 0.187. The molecule has 4 rings (SSSR count). The maximum atomic E-state index is 14.8. The van der Waals surface area contributed by atoms with Gasteiger partial charge in [0, 0.05) is 17.7 Å². The van der Waals surface area contributed by atoms with E-state index < -0.39 is 11.6 Å². The largest absolute Gasteiger partial charge is 0.377 e. The van der Waals surface area contributed by atoms with Crippen LogP contribution >= 0.6 is 0 Å². The zero-order chi connectivity index (χ0) is 24.1. The van der Waals surface area contributed by atoms with Crippen molar-refractivity contribution in [2.75, 3.05) is 6.61 Å². The Morgan fingerprint density at radius 1 is 0.912 bits per heavy atom. The highest BCUT2D eigenvalue weighted by Gasteiger charge is 2.24. The van der Waals surface area contributed by atoms with Crippen LogP contribution in [-0.2, 0) is 17.8 Å². The molecular weight excluding hydrogens is 433 g/mol. The first-order chi connectivity index (χ1) is 16.5. The monoisotopic (exact) mass is 470 g/mol. The average Bonchev–Trinajstić information content (AvgIpc) is 2.85. The lowest BCUT2D eigenvalue weighted by Gasteiger charge is -2.29. The van der Waals surface area contributed by atoms with Crippen molar-refractivity contribution in [2.24, 2.45) is 11.8 Å². The van der Waals surface area contributed by atoms with Crippen LogP contribution in [0.5, 0.6) is 0 Å². The van der Waals surface area contributed by atoms with Crippen LogP contribution < -0.4 is 0 Å². The third-order valence-electron chi connectivity index (χ3n) is 7.86. The molecule has 1 atom stereocenters. The van der Waals surface area contributed by atoms with E-state index in [1.807, 2.05) is 19.1 Å². The zero-order valence-corrected chi connectivity index (χ0v) is 20.5. The van der Waals surface area contributed by atoms with Gasteiger partial charge in [0.05, 0.1) is 6.61 Å². The van der Waals surface area contributed by atoms with E-state index in [0.29, 0.717) is 54.1 Å². The minimum atomic E-state index is -0.683. The summed E-state index contributed by atoms with van der Waals surface area (Å²) >= 11 is 0. The van der Waals surface area contributed by atoms with E-state index in [2.05, 4.69) is 13.0 Å². The summed E-state index contributed by atoms with van der Waals surface area (Å²) in [7, 11) is 0. The topological polar surface area (TPSA) is 9.23 Å². The van der Waals surface area contributed by atoms with Crippen LogP contribution in [0.15, 0.2) is 36.4 Å². The maximum absolute atomic E-state index is 14.8. The Labute approximate surface area is 202 Å². The number of benzene rings is 2. The second kappa shape index (κ2) is 11.6. The molecule has 34 heavy (non-hydrogen) atoms. The van der Waals surface area contributed by atoms with Crippen molar-refractivity contribution < 1.29 is 17.9 Å². The van der Waals surface area contributed by atoms with Crippen molar-refractivity contribution in [3.63, 3.8) is 0 Å². The summed E-state index contributed by atoms with van der Waals surface area (Å²) in [5.41, 5.74) is 3.54. The van der Waals surface area contributed by atoms with Gasteiger partial charge < -0.3 is 4.74 Å². The van der Waals surface area contributed by atoms with Gasteiger partial charge in [-0.1, -0.05) is 37.3 Å². The fourth-order valence-corrected chi connectivity index (χ4v) is 5.53. The second-order valence-corrected chi connectivity index (χ2v) is 10.3. The van der Waals surface area contributed by atoms with Gasteiger partial charge in [0.15, 0.2) is 11.6 Å². The molecular formula is C30H37F3O. The minimum Gasteiger partial charge on any atom is -0.377 e. The molecule has 2 aliphatic rings. The van der Waals surface area contributed by atoms with Crippen molar-refractivity contribution >= 4 is 5.57 Å². The maximum Gasteiger partial charge on any atom is 0.166 e. The molecule has 0 saturated heterocycles. The Morgan fingerprint density at radius 3 is 2.35 bits per heavy atom.